The molecule has 2 bridgehead atoms. The van der Waals surface area contributed by atoms with Crippen LogP contribution in [-0.4, -0.2) is 73.7 Å². The number of nitrogens with zero attached hydrogens (tertiary/aromatic N) is 2. The van der Waals surface area contributed by atoms with E-state index in [4.69, 9.17) is 9.47 Å². The molecular formula is C31H50N2O4. The number of carbonyl (C=O) groups is 2. The molecule has 0 aromatic carbocycles. The smallest absolute Gasteiger partial charge is 0.312 e. The molecule has 0 radical (unpaired) electrons. The molecule has 37 heavy (non-hydrogen) atoms. The van der Waals surface area contributed by atoms with Gasteiger partial charge in [0.1, 0.15) is 5.92 Å². The van der Waals surface area contributed by atoms with Crippen molar-refractivity contribution in [2.45, 2.75) is 96.2 Å². The molecule has 6 heteroatoms. The minimum absolute atomic E-state index is 0.0422. The van der Waals surface area contributed by atoms with Gasteiger partial charge in [0, 0.05) is 26.2 Å². The summed E-state index contributed by atoms with van der Waals surface area (Å²) in [6.45, 7) is 5.83. The lowest BCUT2D eigenvalue weighted by atomic mass is 9.82. The minimum Gasteiger partial charge on any atom is -0.465 e. The number of hydrogen-bond acceptors (Lipinski definition) is 5. The number of amides is 1. The SMILES string of the molecule is CCCCC/C=C/C/C=C/CCCCCCCCOC(=O)C1C2C=CC(O2)C1C(=O)N1CCN(C)CC1. The van der Waals surface area contributed by atoms with E-state index in [1.165, 1.54) is 51.4 Å². The third-order valence-electron chi connectivity index (χ3n) is 7.86. The van der Waals surface area contributed by atoms with Crippen LogP contribution in [0.5, 0.6) is 0 Å². The minimum atomic E-state index is -0.508. The highest BCUT2D eigenvalue weighted by Gasteiger charge is 2.54. The fraction of sp³-hybridized carbons (Fsp3) is 0.742. The van der Waals surface area contributed by atoms with Gasteiger partial charge >= 0.3 is 5.97 Å². The highest BCUT2D eigenvalue weighted by molar-refractivity contribution is 5.88. The van der Waals surface area contributed by atoms with E-state index in [1.54, 1.807) is 0 Å². The van der Waals surface area contributed by atoms with E-state index in [0.717, 1.165) is 38.8 Å². The summed E-state index contributed by atoms with van der Waals surface area (Å²) in [5.41, 5.74) is 0. The van der Waals surface area contributed by atoms with Gasteiger partial charge in [-0.1, -0.05) is 81.9 Å². The molecule has 0 aromatic heterocycles. The van der Waals surface area contributed by atoms with Crippen molar-refractivity contribution in [3.8, 4) is 0 Å². The lowest BCUT2D eigenvalue weighted by Gasteiger charge is -2.35. The van der Waals surface area contributed by atoms with E-state index in [-0.39, 0.29) is 24.1 Å². The largest absolute Gasteiger partial charge is 0.465 e. The summed E-state index contributed by atoms with van der Waals surface area (Å²) in [4.78, 5) is 30.3. The van der Waals surface area contributed by atoms with Gasteiger partial charge < -0.3 is 19.3 Å². The second-order valence-corrected chi connectivity index (χ2v) is 10.9. The lowest BCUT2D eigenvalue weighted by Crippen LogP contribution is -2.52. The van der Waals surface area contributed by atoms with Crippen LogP contribution in [0.1, 0.15) is 84.0 Å². The normalized spacial score (nSPS) is 25.6. The van der Waals surface area contributed by atoms with Crippen LogP contribution in [0.2, 0.25) is 0 Å². The Morgan fingerprint density at radius 2 is 1.41 bits per heavy atom. The third kappa shape index (κ3) is 9.72. The van der Waals surface area contributed by atoms with Crippen LogP contribution >= 0.6 is 0 Å². The van der Waals surface area contributed by atoms with Gasteiger partial charge in [-0.3, -0.25) is 9.59 Å². The molecule has 3 rings (SSSR count). The summed E-state index contributed by atoms with van der Waals surface area (Å²) in [6, 6.07) is 0. The summed E-state index contributed by atoms with van der Waals surface area (Å²) < 4.78 is 11.5. The Balaban J connectivity index is 1.22. The maximum absolute atomic E-state index is 13.2. The zero-order valence-electron chi connectivity index (χ0n) is 23.3. The maximum Gasteiger partial charge on any atom is 0.312 e. The number of esters is 1. The summed E-state index contributed by atoms with van der Waals surface area (Å²) in [5, 5.41) is 0. The molecule has 208 valence electrons. The van der Waals surface area contributed by atoms with Crippen LogP contribution in [0.15, 0.2) is 36.5 Å². The number of likely N-dealkylation sites (N-methyl/N-ethyl adjacent to an activating group) is 1. The highest BCUT2D eigenvalue weighted by Crippen LogP contribution is 2.41. The maximum atomic E-state index is 13.2. The Kier molecular flexibility index (Phi) is 13.5. The molecular weight excluding hydrogens is 464 g/mol. The van der Waals surface area contributed by atoms with E-state index in [0.29, 0.717) is 19.7 Å². The quantitative estimate of drug-likeness (QED) is 0.142. The molecule has 2 fully saturated rings. The average Bonchev–Trinajstić information content (AvgIpc) is 3.52. The number of allylic oxidation sites excluding steroid dienone is 4. The Bertz CT molecular complexity index is 769. The number of unbranched alkanes of at least 4 members (excludes halogenated alkanes) is 9. The van der Waals surface area contributed by atoms with Crippen LogP contribution in [0, 0.1) is 11.8 Å². The fourth-order valence-corrected chi connectivity index (χ4v) is 5.48. The molecule has 4 unspecified atom stereocenters. The second kappa shape index (κ2) is 16.8. The Morgan fingerprint density at radius 1 is 0.811 bits per heavy atom. The molecule has 2 saturated heterocycles. The highest BCUT2D eigenvalue weighted by atomic mass is 16.5. The van der Waals surface area contributed by atoms with Crippen molar-refractivity contribution in [1.29, 1.82) is 0 Å². The Hall–Kier alpha value is -1.92. The van der Waals surface area contributed by atoms with Gasteiger partial charge in [0.15, 0.2) is 0 Å². The van der Waals surface area contributed by atoms with Crippen molar-refractivity contribution in [2.24, 2.45) is 11.8 Å². The van der Waals surface area contributed by atoms with Crippen LogP contribution in [0.25, 0.3) is 0 Å². The number of piperazine rings is 1. The zero-order valence-corrected chi connectivity index (χ0v) is 23.3. The standard InChI is InChI=1S/C31H50N2O4/c1-3-4-5-6-7-8-9-10-11-12-13-14-15-16-17-18-25-36-31(35)29-27-20-19-26(37-27)28(29)30(34)33-23-21-32(2)22-24-33/h7-8,10-11,19-20,26-29H,3-6,9,12-18,21-25H2,1-2H3/b8-7+,11-10+. The average molecular weight is 515 g/mol. The first-order chi connectivity index (χ1) is 18.1. The topological polar surface area (TPSA) is 59.1 Å². The number of fused-ring (bicyclic) bond motifs is 2. The van der Waals surface area contributed by atoms with E-state index in [1.807, 2.05) is 17.1 Å². The second-order valence-electron chi connectivity index (χ2n) is 10.9. The lowest BCUT2D eigenvalue weighted by molar-refractivity contribution is -0.155. The summed E-state index contributed by atoms with van der Waals surface area (Å²) in [7, 11) is 2.07. The van der Waals surface area contributed by atoms with Gasteiger partial charge in [-0.25, -0.2) is 0 Å². The number of rotatable bonds is 17. The van der Waals surface area contributed by atoms with Gasteiger partial charge in [-0.05, 0) is 45.6 Å². The number of hydrogen-bond donors (Lipinski definition) is 0. The monoisotopic (exact) mass is 514 g/mol. The van der Waals surface area contributed by atoms with Crippen LogP contribution in [0.3, 0.4) is 0 Å². The van der Waals surface area contributed by atoms with E-state index in [2.05, 4.69) is 43.2 Å². The van der Waals surface area contributed by atoms with Gasteiger partial charge in [-0.2, -0.15) is 0 Å². The summed E-state index contributed by atoms with van der Waals surface area (Å²) in [6.07, 6.45) is 26.6. The van der Waals surface area contributed by atoms with Gasteiger partial charge in [0.25, 0.3) is 0 Å². The zero-order chi connectivity index (χ0) is 26.3. The predicted octanol–water partition coefficient (Wildman–Crippen LogP) is 5.69. The van der Waals surface area contributed by atoms with Crippen LogP contribution in [0.4, 0.5) is 0 Å². The number of carbonyl (C=O) groups excluding carboxylic acids is 2. The van der Waals surface area contributed by atoms with Crippen LogP contribution < -0.4 is 0 Å². The molecule has 0 spiro atoms. The predicted molar refractivity (Wildman–Crippen MR) is 149 cm³/mol. The summed E-state index contributed by atoms with van der Waals surface area (Å²) in [5.74, 6) is -1.18. The molecule has 3 heterocycles. The van der Waals surface area contributed by atoms with Crippen molar-refractivity contribution >= 4 is 11.9 Å². The van der Waals surface area contributed by atoms with Crippen molar-refractivity contribution < 1.29 is 19.1 Å². The van der Waals surface area contributed by atoms with Crippen molar-refractivity contribution in [3.05, 3.63) is 36.5 Å². The molecule has 6 nitrogen and oxygen atoms in total. The summed E-state index contributed by atoms with van der Waals surface area (Å²) >= 11 is 0. The van der Waals surface area contributed by atoms with Crippen LogP contribution in [-0.2, 0) is 19.1 Å². The third-order valence-corrected chi connectivity index (χ3v) is 7.86. The van der Waals surface area contributed by atoms with E-state index < -0.39 is 11.8 Å². The molecule has 0 N–H and O–H groups in total. The van der Waals surface area contributed by atoms with Gasteiger partial charge in [-0.15, -0.1) is 0 Å². The molecule has 3 aliphatic rings. The van der Waals surface area contributed by atoms with Crippen molar-refractivity contribution in [2.75, 3.05) is 39.8 Å². The fourth-order valence-electron chi connectivity index (χ4n) is 5.48. The molecule has 3 aliphatic heterocycles. The molecule has 0 saturated carbocycles. The molecule has 0 aliphatic carbocycles. The van der Waals surface area contributed by atoms with E-state index >= 15 is 0 Å². The van der Waals surface area contributed by atoms with Crippen molar-refractivity contribution in [1.82, 2.24) is 9.80 Å². The Labute approximate surface area is 225 Å². The molecule has 0 aromatic rings. The Morgan fingerprint density at radius 3 is 2.08 bits per heavy atom. The van der Waals surface area contributed by atoms with Crippen molar-refractivity contribution in [3.63, 3.8) is 0 Å². The van der Waals surface area contributed by atoms with E-state index in [9.17, 15) is 9.59 Å². The first-order valence-electron chi connectivity index (χ1n) is 14.9. The molecule has 1 amide bonds. The first-order valence-corrected chi connectivity index (χ1v) is 14.9. The first kappa shape index (κ1) is 29.6. The van der Waals surface area contributed by atoms with Gasteiger partial charge in [0.2, 0.25) is 5.91 Å². The van der Waals surface area contributed by atoms with Gasteiger partial charge in [0.05, 0.1) is 24.7 Å². The number of ether oxygens (including phenoxy) is 2. The molecule has 4 atom stereocenters.